The molecule has 0 saturated carbocycles. The fourth-order valence-electron chi connectivity index (χ4n) is 4.40. The lowest BCUT2D eigenvalue weighted by Crippen LogP contribution is -2.25. The molecule has 3 heteroatoms. The summed E-state index contributed by atoms with van der Waals surface area (Å²) >= 11 is 0. The van der Waals surface area contributed by atoms with Gasteiger partial charge in [0.2, 0.25) is 0 Å². The van der Waals surface area contributed by atoms with Crippen LogP contribution in [0.3, 0.4) is 0 Å². The van der Waals surface area contributed by atoms with Gasteiger partial charge in [-0.2, -0.15) is 0 Å². The van der Waals surface area contributed by atoms with Gasteiger partial charge in [0.15, 0.2) is 0 Å². The van der Waals surface area contributed by atoms with Gasteiger partial charge in [-0.05, 0) is 50.5 Å². The van der Waals surface area contributed by atoms with Crippen LogP contribution >= 0.6 is 0 Å². The first-order chi connectivity index (χ1) is 15.7. The Morgan fingerprint density at radius 2 is 0.857 bits per heavy atom. The van der Waals surface area contributed by atoms with E-state index < -0.39 is 0 Å². The molecular formula is C32H51NO2. The lowest BCUT2D eigenvalue weighted by molar-refractivity contribution is 0.261. The Hall–Kier alpha value is -2.00. The van der Waals surface area contributed by atoms with Crippen molar-refractivity contribution in [3.05, 3.63) is 57.6 Å². The van der Waals surface area contributed by atoms with Crippen molar-refractivity contribution in [3.8, 4) is 11.5 Å². The minimum absolute atomic E-state index is 0.0135. The zero-order valence-electron chi connectivity index (χ0n) is 24.8. The number of hydrogen-bond donors (Lipinski definition) is 2. The quantitative estimate of drug-likeness (QED) is 0.451. The molecule has 0 aromatic heterocycles. The molecular weight excluding hydrogens is 430 g/mol. The average Bonchev–Trinajstić information content (AvgIpc) is 2.66. The standard InChI is InChI=1S/C32H51NO2/c1-14-33(19-21-15-23(29(2,3)4)17-25(27(21)34)31(8,9)10)20-22-16-24(30(5,6)7)18-26(28(22)35)32(11,12)13/h15-18,34-35H,14,19-20H2,1-13H3. The third-order valence-corrected chi connectivity index (χ3v) is 6.96. The van der Waals surface area contributed by atoms with E-state index in [1.807, 2.05) is 0 Å². The van der Waals surface area contributed by atoms with Crippen LogP contribution < -0.4 is 0 Å². The summed E-state index contributed by atoms with van der Waals surface area (Å²) in [4.78, 5) is 2.31. The Morgan fingerprint density at radius 1 is 0.543 bits per heavy atom. The van der Waals surface area contributed by atoms with Gasteiger partial charge in [0.1, 0.15) is 11.5 Å². The summed E-state index contributed by atoms with van der Waals surface area (Å²) < 4.78 is 0. The summed E-state index contributed by atoms with van der Waals surface area (Å²) in [6.07, 6.45) is 0. The molecule has 0 amide bonds. The number of phenolic OH excluding ortho intramolecular Hbond substituents is 2. The van der Waals surface area contributed by atoms with Crippen LogP contribution in [0.5, 0.6) is 11.5 Å². The fourth-order valence-corrected chi connectivity index (χ4v) is 4.40. The van der Waals surface area contributed by atoms with Crippen LogP contribution in [0.4, 0.5) is 0 Å². The topological polar surface area (TPSA) is 43.7 Å². The van der Waals surface area contributed by atoms with Crippen molar-refractivity contribution in [3.63, 3.8) is 0 Å². The summed E-state index contributed by atoms with van der Waals surface area (Å²) in [5, 5.41) is 22.6. The van der Waals surface area contributed by atoms with Gasteiger partial charge < -0.3 is 10.2 Å². The molecule has 0 heterocycles. The van der Waals surface area contributed by atoms with Gasteiger partial charge in [-0.25, -0.2) is 0 Å². The van der Waals surface area contributed by atoms with Crippen molar-refractivity contribution in [2.24, 2.45) is 0 Å². The van der Waals surface area contributed by atoms with Gasteiger partial charge >= 0.3 is 0 Å². The highest BCUT2D eigenvalue weighted by Crippen LogP contribution is 2.40. The Morgan fingerprint density at radius 3 is 1.09 bits per heavy atom. The number of phenols is 2. The van der Waals surface area contributed by atoms with E-state index in [2.05, 4.69) is 119 Å². The van der Waals surface area contributed by atoms with Crippen LogP contribution in [0.1, 0.15) is 123 Å². The van der Waals surface area contributed by atoms with Crippen molar-refractivity contribution in [1.82, 2.24) is 4.90 Å². The van der Waals surface area contributed by atoms with Crippen LogP contribution in [0.15, 0.2) is 24.3 Å². The molecule has 196 valence electrons. The predicted molar refractivity (Wildman–Crippen MR) is 151 cm³/mol. The first-order valence-corrected chi connectivity index (χ1v) is 13.1. The summed E-state index contributed by atoms with van der Waals surface area (Å²) in [6, 6.07) is 8.67. The van der Waals surface area contributed by atoms with E-state index >= 15 is 0 Å². The van der Waals surface area contributed by atoms with Crippen LogP contribution in [-0.2, 0) is 34.7 Å². The lowest BCUT2D eigenvalue weighted by atomic mass is 9.78. The number of benzene rings is 2. The normalized spacial score (nSPS) is 13.5. The van der Waals surface area contributed by atoms with Crippen molar-refractivity contribution in [1.29, 1.82) is 0 Å². The van der Waals surface area contributed by atoms with E-state index in [1.165, 1.54) is 11.1 Å². The monoisotopic (exact) mass is 481 g/mol. The van der Waals surface area contributed by atoms with E-state index in [1.54, 1.807) is 0 Å². The molecule has 0 unspecified atom stereocenters. The molecule has 0 fully saturated rings. The summed E-state index contributed by atoms with van der Waals surface area (Å²) in [6.45, 7) is 30.4. The van der Waals surface area contributed by atoms with E-state index in [0.717, 1.165) is 28.8 Å². The van der Waals surface area contributed by atoms with Crippen molar-refractivity contribution in [2.45, 2.75) is 125 Å². The molecule has 3 nitrogen and oxygen atoms in total. The van der Waals surface area contributed by atoms with Gasteiger partial charge in [0.25, 0.3) is 0 Å². The molecule has 0 spiro atoms. The molecule has 0 aliphatic rings. The Labute approximate surface area is 215 Å². The third kappa shape index (κ3) is 7.03. The maximum atomic E-state index is 11.3. The Balaban J connectivity index is 2.58. The van der Waals surface area contributed by atoms with Crippen molar-refractivity contribution >= 4 is 0 Å². The van der Waals surface area contributed by atoms with Gasteiger partial charge in [-0.1, -0.05) is 114 Å². The van der Waals surface area contributed by atoms with E-state index in [4.69, 9.17) is 0 Å². The zero-order chi connectivity index (χ0) is 27.1. The lowest BCUT2D eigenvalue weighted by Gasteiger charge is -2.31. The highest BCUT2D eigenvalue weighted by atomic mass is 16.3. The molecule has 2 rings (SSSR count). The SMILES string of the molecule is CCN(Cc1cc(C(C)(C)C)cc(C(C)(C)C)c1O)Cc1cc(C(C)(C)C)cc(C(C)(C)C)c1O. The van der Waals surface area contributed by atoms with Crippen molar-refractivity contribution < 1.29 is 10.2 Å². The van der Waals surface area contributed by atoms with E-state index in [-0.39, 0.29) is 21.7 Å². The minimum atomic E-state index is -0.155. The average molecular weight is 482 g/mol. The van der Waals surface area contributed by atoms with Crippen LogP contribution in [-0.4, -0.2) is 21.7 Å². The number of rotatable bonds is 5. The summed E-state index contributed by atoms with van der Waals surface area (Å²) in [5.41, 5.74) is 6.01. The van der Waals surface area contributed by atoms with Crippen molar-refractivity contribution in [2.75, 3.05) is 6.54 Å². The molecule has 2 aromatic carbocycles. The second-order valence-electron chi connectivity index (χ2n) is 14.4. The fraction of sp³-hybridized carbons (Fsp3) is 0.625. The Bertz CT molecular complexity index is 954. The molecule has 0 saturated heterocycles. The van der Waals surface area contributed by atoms with Gasteiger partial charge in [0, 0.05) is 24.2 Å². The van der Waals surface area contributed by atoms with Crippen LogP contribution in [0.2, 0.25) is 0 Å². The summed E-state index contributed by atoms with van der Waals surface area (Å²) in [7, 11) is 0. The highest BCUT2D eigenvalue weighted by Gasteiger charge is 2.28. The third-order valence-electron chi connectivity index (χ3n) is 6.96. The molecule has 0 bridgehead atoms. The second-order valence-corrected chi connectivity index (χ2v) is 14.4. The number of hydrogen-bond acceptors (Lipinski definition) is 3. The van der Waals surface area contributed by atoms with Crippen LogP contribution in [0.25, 0.3) is 0 Å². The molecule has 2 aromatic rings. The molecule has 35 heavy (non-hydrogen) atoms. The van der Waals surface area contributed by atoms with Crippen LogP contribution in [0, 0.1) is 0 Å². The smallest absolute Gasteiger partial charge is 0.123 e. The van der Waals surface area contributed by atoms with Gasteiger partial charge in [-0.3, -0.25) is 4.90 Å². The van der Waals surface area contributed by atoms with E-state index in [9.17, 15) is 10.2 Å². The van der Waals surface area contributed by atoms with E-state index in [0.29, 0.717) is 24.6 Å². The number of nitrogens with zero attached hydrogens (tertiary/aromatic N) is 1. The van der Waals surface area contributed by atoms with Gasteiger partial charge in [-0.15, -0.1) is 0 Å². The first kappa shape index (κ1) is 29.2. The highest BCUT2D eigenvalue weighted by molar-refractivity contribution is 5.50. The minimum Gasteiger partial charge on any atom is -0.507 e. The zero-order valence-corrected chi connectivity index (χ0v) is 24.8. The Kier molecular flexibility index (Phi) is 8.19. The molecule has 0 atom stereocenters. The summed E-state index contributed by atoms with van der Waals surface area (Å²) in [5.74, 6) is 0.791. The number of aromatic hydroxyl groups is 2. The second kappa shape index (κ2) is 9.81. The van der Waals surface area contributed by atoms with Gasteiger partial charge in [0.05, 0.1) is 0 Å². The molecule has 2 N–H and O–H groups in total. The first-order valence-electron chi connectivity index (χ1n) is 13.1. The molecule has 0 radical (unpaired) electrons. The largest absolute Gasteiger partial charge is 0.507 e. The molecule has 0 aliphatic heterocycles. The molecule has 0 aliphatic carbocycles. The predicted octanol–water partition coefficient (Wildman–Crippen LogP) is 8.31. The maximum Gasteiger partial charge on any atom is 0.123 e. The maximum absolute atomic E-state index is 11.3.